The van der Waals surface area contributed by atoms with E-state index in [2.05, 4.69) is 39.2 Å². The highest BCUT2D eigenvalue weighted by Gasteiger charge is 2.38. The van der Waals surface area contributed by atoms with Crippen LogP contribution in [-0.2, 0) is 14.0 Å². The molecule has 2 atom stereocenters. The number of esters is 1. The zero-order chi connectivity index (χ0) is 14.7. The van der Waals surface area contributed by atoms with Crippen LogP contribution in [0.15, 0.2) is 0 Å². The lowest BCUT2D eigenvalue weighted by atomic mass is 9.95. The topological polar surface area (TPSA) is 47.6 Å². The lowest BCUT2D eigenvalue weighted by Crippen LogP contribution is -2.48. The minimum Gasteiger partial charge on any atom is -0.469 e. The fraction of sp³-hybridized carbons (Fsp3) is 0.929. The van der Waals surface area contributed by atoms with E-state index in [-0.39, 0.29) is 16.9 Å². The SMILES string of the molecule is COC(=O)[C@@H]1CC[C@@H](CO[Si](C)(C)C(C)(C)C)NC1. The Morgan fingerprint density at radius 3 is 2.37 bits per heavy atom. The molecule has 1 fully saturated rings. The molecule has 1 aliphatic heterocycles. The van der Waals surface area contributed by atoms with Crippen molar-refractivity contribution in [3.05, 3.63) is 0 Å². The van der Waals surface area contributed by atoms with Crippen molar-refractivity contribution >= 4 is 14.3 Å². The van der Waals surface area contributed by atoms with E-state index in [0.717, 1.165) is 19.4 Å². The molecular weight excluding hydrogens is 258 g/mol. The Balaban J connectivity index is 2.36. The molecule has 1 N–H and O–H groups in total. The molecule has 5 heteroatoms. The molecule has 1 saturated heterocycles. The molecule has 112 valence electrons. The maximum absolute atomic E-state index is 11.4. The number of carbonyl (C=O) groups is 1. The number of rotatable bonds is 4. The van der Waals surface area contributed by atoms with Crippen LogP contribution < -0.4 is 5.32 Å². The first-order valence-corrected chi connectivity index (χ1v) is 10.0. The molecule has 0 bridgehead atoms. The van der Waals surface area contributed by atoms with Crippen LogP contribution in [0.3, 0.4) is 0 Å². The van der Waals surface area contributed by atoms with Crippen molar-refractivity contribution in [2.24, 2.45) is 5.92 Å². The highest BCUT2D eigenvalue weighted by Crippen LogP contribution is 2.36. The van der Waals surface area contributed by atoms with Gasteiger partial charge in [-0.2, -0.15) is 0 Å². The third kappa shape index (κ3) is 4.58. The Morgan fingerprint density at radius 2 is 1.95 bits per heavy atom. The lowest BCUT2D eigenvalue weighted by molar-refractivity contribution is -0.146. The van der Waals surface area contributed by atoms with Crippen molar-refractivity contribution in [2.75, 3.05) is 20.3 Å². The second-order valence-electron chi connectivity index (χ2n) is 6.97. The zero-order valence-corrected chi connectivity index (χ0v) is 14.2. The highest BCUT2D eigenvalue weighted by atomic mass is 28.4. The normalized spacial score (nSPS) is 25.2. The van der Waals surface area contributed by atoms with E-state index in [0.29, 0.717) is 12.6 Å². The van der Waals surface area contributed by atoms with Crippen LogP contribution in [0.1, 0.15) is 33.6 Å². The number of nitrogens with one attached hydrogen (secondary N) is 1. The van der Waals surface area contributed by atoms with Gasteiger partial charge >= 0.3 is 5.97 Å². The monoisotopic (exact) mass is 287 g/mol. The van der Waals surface area contributed by atoms with Crippen LogP contribution in [0, 0.1) is 5.92 Å². The van der Waals surface area contributed by atoms with Gasteiger partial charge in [0.25, 0.3) is 0 Å². The molecule has 0 amide bonds. The van der Waals surface area contributed by atoms with E-state index in [1.54, 1.807) is 0 Å². The minimum atomic E-state index is -1.67. The van der Waals surface area contributed by atoms with Gasteiger partial charge in [-0.3, -0.25) is 4.79 Å². The van der Waals surface area contributed by atoms with Crippen LogP contribution >= 0.6 is 0 Å². The van der Waals surface area contributed by atoms with Crippen LogP contribution in [-0.4, -0.2) is 40.6 Å². The third-order valence-corrected chi connectivity index (χ3v) is 9.00. The summed E-state index contributed by atoms with van der Waals surface area (Å²) in [5.41, 5.74) is 0. The van der Waals surface area contributed by atoms with Gasteiger partial charge in [-0.1, -0.05) is 20.8 Å². The second-order valence-corrected chi connectivity index (χ2v) is 11.8. The number of methoxy groups -OCH3 is 1. The van der Waals surface area contributed by atoms with Crippen molar-refractivity contribution in [1.29, 1.82) is 0 Å². The Bertz CT molecular complexity index is 304. The summed E-state index contributed by atoms with van der Waals surface area (Å²) in [7, 11) is -0.213. The summed E-state index contributed by atoms with van der Waals surface area (Å²) in [6, 6.07) is 0.370. The number of piperidine rings is 1. The molecule has 0 saturated carbocycles. The average Bonchev–Trinajstić information content (AvgIpc) is 2.35. The second kappa shape index (κ2) is 6.37. The molecule has 4 nitrogen and oxygen atoms in total. The van der Waals surface area contributed by atoms with Gasteiger partial charge in [0.05, 0.1) is 13.0 Å². The molecule has 1 heterocycles. The Kier molecular flexibility index (Phi) is 5.59. The molecule has 0 radical (unpaired) electrons. The molecular formula is C14H29NO3Si. The first-order chi connectivity index (χ1) is 8.67. The van der Waals surface area contributed by atoms with Crippen molar-refractivity contribution in [1.82, 2.24) is 5.32 Å². The molecule has 1 rings (SSSR count). The van der Waals surface area contributed by atoms with E-state index in [9.17, 15) is 4.79 Å². The van der Waals surface area contributed by atoms with Gasteiger partial charge in [-0.25, -0.2) is 0 Å². The van der Waals surface area contributed by atoms with Gasteiger partial charge in [-0.15, -0.1) is 0 Å². The summed E-state index contributed by atoms with van der Waals surface area (Å²) in [5, 5.41) is 3.65. The summed E-state index contributed by atoms with van der Waals surface area (Å²) in [6.45, 7) is 12.8. The lowest BCUT2D eigenvalue weighted by Gasteiger charge is -2.38. The van der Waals surface area contributed by atoms with Gasteiger partial charge in [0, 0.05) is 19.2 Å². The summed E-state index contributed by atoms with van der Waals surface area (Å²) in [5.74, 6) is -0.0922. The maximum Gasteiger partial charge on any atom is 0.309 e. The molecule has 0 spiro atoms. The fourth-order valence-corrected chi connectivity index (χ4v) is 3.00. The smallest absolute Gasteiger partial charge is 0.309 e. The standard InChI is InChI=1S/C14H29NO3Si/c1-14(2,3)19(5,6)18-10-12-8-7-11(9-15-12)13(16)17-4/h11-12,15H,7-10H2,1-6H3/t11-,12+/m1/s1. The first kappa shape index (κ1) is 16.7. The average molecular weight is 287 g/mol. The van der Waals surface area contributed by atoms with E-state index in [1.807, 2.05) is 0 Å². The van der Waals surface area contributed by atoms with Crippen LogP contribution in [0.4, 0.5) is 0 Å². The molecule has 0 aromatic heterocycles. The van der Waals surface area contributed by atoms with Gasteiger partial charge in [0.2, 0.25) is 0 Å². The zero-order valence-electron chi connectivity index (χ0n) is 13.2. The van der Waals surface area contributed by atoms with Crippen molar-refractivity contribution in [3.63, 3.8) is 0 Å². The van der Waals surface area contributed by atoms with E-state index in [4.69, 9.17) is 9.16 Å². The van der Waals surface area contributed by atoms with E-state index >= 15 is 0 Å². The Hall–Kier alpha value is -0.393. The Morgan fingerprint density at radius 1 is 1.32 bits per heavy atom. The molecule has 0 aromatic rings. The third-order valence-electron chi connectivity index (χ3n) is 4.50. The molecule has 0 aromatic carbocycles. The largest absolute Gasteiger partial charge is 0.469 e. The number of hydrogen-bond acceptors (Lipinski definition) is 4. The van der Waals surface area contributed by atoms with Crippen LogP contribution in [0.2, 0.25) is 18.1 Å². The van der Waals surface area contributed by atoms with Crippen molar-refractivity contribution in [2.45, 2.75) is 57.8 Å². The fourth-order valence-electron chi connectivity index (χ4n) is 1.95. The quantitative estimate of drug-likeness (QED) is 0.637. The number of carbonyl (C=O) groups excluding carboxylic acids is 1. The van der Waals surface area contributed by atoms with Crippen LogP contribution in [0.25, 0.3) is 0 Å². The summed E-state index contributed by atoms with van der Waals surface area (Å²) < 4.78 is 11.0. The number of ether oxygens (including phenoxy) is 1. The minimum absolute atomic E-state index is 0.00845. The molecule has 19 heavy (non-hydrogen) atoms. The summed E-state index contributed by atoms with van der Waals surface area (Å²) in [6.07, 6.45) is 1.87. The number of hydrogen-bond donors (Lipinski definition) is 1. The molecule has 0 aliphatic carbocycles. The predicted molar refractivity (Wildman–Crippen MR) is 79.7 cm³/mol. The first-order valence-electron chi connectivity index (χ1n) is 7.12. The highest BCUT2D eigenvalue weighted by molar-refractivity contribution is 6.74. The van der Waals surface area contributed by atoms with E-state index < -0.39 is 8.32 Å². The summed E-state index contributed by atoms with van der Waals surface area (Å²) >= 11 is 0. The van der Waals surface area contributed by atoms with Crippen molar-refractivity contribution in [3.8, 4) is 0 Å². The van der Waals surface area contributed by atoms with Gasteiger partial charge in [0.1, 0.15) is 0 Å². The molecule has 0 unspecified atom stereocenters. The van der Waals surface area contributed by atoms with Crippen LogP contribution in [0.5, 0.6) is 0 Å². The summed E-state index contributed by atoms with van der Waals surface area (Å²) in [4.78, 5) is 11.4. The van der Waals surface area contributed by atoms with E-state index in [1.165, 1.54) is 7.11 Å². The van der Waals surface area contributed by atoms with Gasteiger partial charge in [0.15, 0.2) is 8.32 Å². The van der Waals surface area contributed by atoms with Gasteiger partial charge < -0.3 is 14.5 Å². The molecule has 1 aliphatic rings. The predicted octanol–water partition coefficient (Wildman–Crippen LogP) is 2.55. The maximum atomic E-state index is 11.4. The Labute approximate surface area is 118 Å². The van der Waals surface area contributed by atoms with Gasteiger partial charge in [-0.05, 0) is 31.0 Å². The van der Waals surface area contributed by atoms with Crippen molar-refractivity contribution < 1.29 is 14.0 Å².